The Hall–Kier alpha value is -1.87. The van der Waals surface area contributed by atoms with Crippen molar-refractivity contribution in [2.24, 2.45) is 0 Å². The van der Waals surface area contributed by atoms with Crippen LogP contribution in [0, 0.1) is 0 Å². The van der Waals surface area contributed by atoms with Crippen LogP contribution in [-0.4, -0.2) is 21.3 Å². The lowest BCUT2D eigenvalue weighted by Gasteiger charge is -2.06. The standard InChI is InChI=1S/C13H14N2O/c16-9-3-6-12-4-1-2-5-13(12)10-15-8-7-14-11-15/h1-8,11,16H,9-10H2. The molecule has 0 saturated heterocycles. The predicted octanol–water partition coefficient (Wildman–Crippen LogP) is 1.94. The fourth-order valence-corrected chi connectivity index (χ4v) is 1.60. The van der Waals surface area contributed by atoms with E-state index in [1.165, 1.54) is 5.56 Å². The third kappa shape index (κ3) is 2.58. The lowest BCUT2D eigenvalue weighted by atomic mass is 10.1. The van der Waals surface area contributed by atoms with Crippen molar-refractivity contribution in [1.29, 1.82) is 0 Å². The average molecular weight is 214 g/mol. The Balaban J connectivity index is 2.22. The van der Waals surface area contributed by atoms with Crippen molar-refractivity contribution >= 4 is 6.08 Å². The summed E-state index contributed by atoms with van der Waals surface area (Å²) in [5, 5.41) is 8.77. The zero-order chi connectivity index (χ0) is 11.2. The van der Waals surface area contributed by atoms with Crippen LogP contribution in [0.25, 0.3) is 6.08 Å². The number of nitrogens with zero attached hydrogens (tertiary/aromatic N) is 2. The van der Waals surface area contributed by atoms with Crippen molar-refractivity contribution in [3.05, 3.63) is 60.2 Å². The summed E-state index contributed by atoms with van der Waals surface area (Å²) >= 11 is 0. The molecule has 1 N–H and O–H groups in total. The normalized spacial score (nSPS) is 11.1. The van der Waals surface area contributed by atoms with Gasteiger partial charge in [0.05, 0.1) is 12.9 Å². The van der Waals surface area contributed by atoms with Crippen LogP contribution in [0.4, 0.5) is 0 Å². The van der Waals surface area contributed by atoms with E-state index in [1.54, 1.807) is 18.6 Å². The Morgan fingerprint density at radius 1 is 1.31 bits per heavy atom. The highest BCUT2D eigenvalue weighted by atomic mass is 16.2. The predicted molar refractivity (Wildman–Crippen MR) is 63.9 cm³/mol. The first-order valence-corrected chi connectivity index (χ1v) is 5.21. The van der Waals surface area contributed by atoms with Gasteiger partial charge in [-0.1, -0.05) is 36.4 Å². The summed E-state index contributed by atoms with van der Waals surface area (Å²) < 4.78 is 2.02. The fraction of sp³-hybridized carbons (Fsp3) is 0.154. The van der Waals surface area contributed by atoms with Gasteiger partial charge in [-0.3, -0.25) is 0 Å². The number of benzene rings is 1. The van der Waals surface area contributed by atoms with Gasteiger partial charge in [0, 0.05) is 18.9 Å². The van der Waals surface area contributed by atoms with Crippen LogP contribution < -0.4 is 0 Å². The molecule has 0 atom stereocenters. The first kappa shape index (κ1) is 10.6. The van der Waals surface area contributed by atoms with Crippen LogP contribution in [-0.2, 0) is 6.54 Å². The maximum Gasteiger partial charge on any atom is 0.0949 e. The Kier molecular flexibility index (Phi) is 3.51. The summed E-state index contributed by atoms with van der Waals surface area (Å²) in [5.74, 6) is 0. The number of hydrogen-bond donors (Lipinski definition) is 1. The monoisotopic (exact) mass is 214 g/mol. The van der Waals surface area contributed by atoms with Crippen LogP contribution in [0.5, 0.6) is 0 Å². The third-order valence-corrected chi connectivity index (χ3v) is 2.37. The molecule has 82 valence electrons. The lowest BCUT2D eigenvalue weighted by Crippen LogP contribution is -1.98. The topological polar surface area (TPSA) is 38.0 Å². The summed E-state index contributed by atoms with van der Waals surface area (Å²) in [4.78, 5) is 4.02. The van der Waals surface area contributed by atoms with Crippen LogP contribution in [0.3, 0.4) is 0 Å². The largest absolute Gasteiger partial charge is 0.392 e. The molecule has 0 radical (unpaired) electrons. The fourth-order valence-electron chi connectivity index (χ4n) is 1.60. The molecule has 1 aromatic carbocycles. The van der Waals surface area contributed by atoms with E-state index in [4.69, 9.17) is 5.11 Å². The molecule has 3 nitrogen and oxygen atoms in total. The molecule has 1 aromatic heterocycles. The molecule has 0 spiro atoms. The van der Waals surface area contributed by atoms with Gasteiger partial charge in [0.25, 0.3) is 0 Å². The minimum absolute atomic E-state index is 0.0689. The second-order valence-corrected chi connectivity index (χ2v) is 3.52. The van der Waals surface area contributed by atoms with E-state index in [-0.39, 0.29) is 6.61 Å². The summed E-state index contributed by atoms with van der Waals surface area (Å²) in [7, 11) is 0. The number of rotatable bonds is 4. The van der Waals surface area contributed by atoms with Crippen LogP contribution >= 0.6 is 0 Å². The number of aliphatic hydroxyl groups excluding tert-OH is 1. The second-order valence-electron chi connectivity index (χ2n) is 3.52. The van der Waals surface area contributed by atoms with Crippen molar-refractivity contribution in [3.63, 3.8) is 0 Å². The second kappa shape index (κ2) is 5.28. The molecule has 0 unspecified atom stereocenters. The first-order chi connectivity index (χ1) is 7.90. The van der Waals surface area contributed by atoms with Gasteiger partial charge >= 0.3 is 0 Å². The minimum Gasteiger partial charge on any atom is -0.392 e. The van der Waals surface area contributed by atoms with Gasteiger partial charge in [0.15, 0.2) is 0 Å². The van der Waals surface area contributed by atoms with Crippen molar-refractivity contribution in [3.8, 4) is 0 Å². The molecule has 16 heavy (non-hydrogen) atoms. The van der Waals surface area contributed by atoms with Gasteiger partial charge in [0.1, 0.15) is 0 Å². The van der Waals surface area contributed by atoms with Gasteiger partial charge in [-0.15, -0.1) is 0 Å². The Morgan fingerprint density at radius 2 is 2.19 bits per heavy atom. The molecule has 0 bridgehead atoms. The third-order valence-electron chi connectivity index (χ3n) is 2.37. The summed E-state index contributed by atoms with van der Waals surface area (Å²) in [6, 6.07) is 8.13. The molecule has 0 amide bonds. The van der Waals surface area contributed by atoms with Crippen molar-refractivity contribution in [2.45, 2.75) is 6.54 Å². The van der Waals surface area contributed by atoms with E-state index in [0.29, 0.717) is 0 Å². The van der Waals surface area contributed by atoms with E-state index in [1.807, 2.05) is 35.0 Å². The van der Waals surface area contributed by atoms with Crippen molar-refractivity contribution in [2.75, 3.05) is 6.61 Å². The molecule has 1 heterocycles. The highest BCUT2D eigenvalue weighted by Crippen LogP contribution is 2.12. The highest BCUT2D eigenvalue weighted by Gasteiger charge is 1.98. The van der Waals surface area contributed by atoms with E-state index in [0.717, 1.165) is 12.1 Å². The molecule has 0 fully saturated rings. The van der Waals surface area contributed by atoms with E-state index in [2.05, 4.69) is 11.1 Å². The quantitative estimate of drug-likeness (QED) is 0.844. The van der Waals surface area contributed by atoms with Gasteiger partial charge in [-0.05, 0) is 11.1 Å². The average Bonchev–Trinajstić information content (AvgIpc) is 2.81. The molecule has 0 saturated carbocycles. The molecule has 3 heteroatoms. The van der Waals surface area contributed by atoms with Crippen LogP contribution in [0.1, 0.15) is 11.1 Å². The number of imidazole rings is 1. The lowest BCUT2D eigenvalue weighted by molar-refractivity contribution is 0.343. The molecular formula is C13H14N2O. The van der Waals surface area contributed by atoms with E-state index in [9.17, 15) is 0 Å². The van der Waals surface area contributed by atoms with Crippen LogP contribution in [0.15, 0.2) is 49.1 Å². The highest BCUT2D eigenvalue weighted by molar-refractivity contribution is 5.53. The van der Waals surface area contributed by atoms with E-state index < -0.39 is 0 Å². The van der Waals surface area contributed by atoms with Crippen molar-refractivity contribution in [1.82, 2.24) is 9.55 Å². The molecule has 2 rings (SSSR count). The van der Waals surface area contributed by atoms with Crippen LogP contribution in [0.2, 0.25) is 0 Å². The van der Waals surface area contributed by atoms with Gasteiger partial charge in [-0.25, -0.2) is 4.98 Å². The molecule has 0 aliphatic heterocycles. The zero-order valence-corrected chi connectivity index (χ0v) is 8.95. The number of hydrogen-bond acceptors (Lipinski definition) is 2. The minimum atomic E-state index is 0.0689. The summed E-state index contributed by atoms with van der Waals surface area (Å²) in [5.41, 5.74) is 2.34. The Morgan fingerprint density at radius 3 is 2.94 bits per heavy atom. The molecule has 2 aromatic rings. The summed E-state index contributed by atoms with van der Waals surface area (Å²) in [6.07, 6.45) is 9.18. The first-order valence-electron chi connectivity index (χ1n) is 5.21. The Labute approximate surface area is 94.7 Å². The smallest absolute Gasteiger partial charge is 0.0949 e. The zero-order valence-electron chi connectivity index (χ0n) is 8.95. The van der Waals surface area contributed by atoms with Gasteiger partial charge in [-0.2, -0.15) is 0 Å². The Bertz CT molecular complexity index is 461. The number of aliphatic hydroxyl groups is 1. The van der Waals surface area contributed by atoms with E-state index >= 15 is 0 Å². The van der Waals surface area contributed by atoms with Crippen molar-refractivity contribution < 1.29 is 5.11 Å². The maximum atomic E-state index is 8.77. The molecular weight excluding hydrogens is 200 g/mol. The maximum absolute atomic E-state index is 8.77. The van der Waals surface area contributed by atoms with Gasteiger partial charge < -0.3 is 9.67 Å². The number of aromatic nitrogens is 2. The van der Waals surface area contributed by atoms with Gasteiger partial charge in [0.2, 0.25) is 0 Å². The SMILES string of the molecule is OCC=Cc1ccccc1Cn1ccnc1. The molecule has 0 aliphatic carbocycles. The summed E-state index contributed by atoms with van der Waals surface area (Å²) in [6.45, 7) is 0.866. The molecule has 0 aliphatic rings.